The molecular weight excluding hydrogens is 398 g/mol. The number of hydrogen-bond acceptors (Lipinski definition) is 6. The van der Waals surface area contributed by atoms with Gasteiger partial charge >= 0.3 is 0 Å². The molecule has 2 heterocycles. The molecule has 1 saturated carbocycles. The largest absolute Gasteiger partial charge is 0.339 e. The Bertz CT molecular complexity index is 796. The quantitative estimate of drug-likeness (QED) is 0.515. The molecule has 4 rings (SSSR count). The minimum absolute atomic E-state index is 0.0137. The standard InChI is InChI=1S/C22H31N5O4/c28-20(8-4-7-16-5-2-1-3-6-16)25-11-13-26(14-12-25)22(29)21-18-15-17(27(30)31)9-10-19(18)23-24-21/h1-3,5-6,17-19,21,23-24H,4,7-15H2. The molecule has 4 atom stereocenters. The van der Waals surface area contributed by atoms with E-state index in [1.54, 1.807) is 4.90 Å². The first-order chi connectivity index (χ1) is 15.0. The molecule has 4 unspecified atom stereocenters. The van der Waals surface area contributed by atoms with E-state index in [0.29, 0.717) is 51.9 Å². The van der Waals surface area contributed by atoms with E-state index in [4.69, 9.17) is 0 Å². The third kappa shape index (κ3) is 5.04. The Kier molecular flexibility index (Phi) is 6.82. The topological polar surface area (TPSA) is 108 Å². The van der Waals surface area contributed by atoms with Crippen LogP contribution >= 0.6 is 0 Å². The molecule has 0 radical (unpaired) electrons. The van der Waals surface area contributed by atoms with Gasteiger partial charge in [0.25, 0.3) is 0 Å². The Morgan fingerprint density at radius 3 is 2.45 bits per heavy atom. The number of rotatable bonds is 6. The summed E-state index contributed by atoms with van der Waals surface area (Å²) >= 11 is 0. The number of carbonyl (C=O) groups excluding carboxylic acids is 2. The zero-order valence-electron chi connectivity index (χ0n) is 17.7. The highest BCUT2D eigenvalue weighted by Gasteiger charge is 2.47. The van der Waals surface area contributed by atoms with Crippen LogP contribution in [0.25, 0.3) is 0 Å². The molecule has 9 nitrogen and oxygen atoms in total. The van der Waals surface area contributed by atoms with E-state index in [-0.39, 0.29) is 28.7 Å². The predicted molar refractivity (Wildman–Crippen MR) is 115 cm³/mol. The van der Waals surface area contributed by atoms with Gasteiger partial charge in [-0.2, -0.15) is 0 Å². The summed E-state index contributed by atoms with van der Waals surface area (Å²) in [5.74, 6) is 0.0688. The van der Waals surface area contributed by atoms with Crippen LogP contribution in [0.4, 0.5) is 0 Å². The first-order valence-electron chi connectivity index (χ1n) is 11.3. The summed E-state index contributed by atoms with van der Waals surface area (Å²) in [5, 5.41) is 11.2. The van der Waals surface area contributed by atoms with E-state index in [2.05, 4.69) is 23.0 Å². The highest BCUT2D eigenvalue weighted by atomic mass is 16.6. The Balaban J connectivity index is 1.23. The van der Waals surface area contributed by atoms with Crippen LogP contribution in [-0.4, -0.2) is 70.8 Å². The van der Waals surface area contributed by atoms with E-state index in [9.17, 15) is 19.7 Å². The summed E-state index contributed by atoms with van der Waals surface area (Å²) in [6.07, 6.45) is 3.91. The van der Waals surface area contributed by atoms with E-state index >= 15 is 0 Å². The SMILES string of the molecule is O=C(CCCc1ccccc1)N1CCN(C(=O)C2NNC3CCC([N+](=O)[O-])CC32)CC1. The molecule has 1 aromatic rings. The van der Waals surface area contributed by atoms with Gasteiger partial charge in [0, 0.05) is 62.3 Å². The third-order valence-electron chi connectivity index (χ3n) is 6.93. The number of fused-ring (bicyclic) bond motifs is 1. The van der Waals surface area contributed by atoms with Crippen LogP contribution in [0.15, 0.2) is 30.3 Å². The molecule has 168 valence electrons. The second kappa shape index (κ2) is 9.74. The molecule has 31 heavy (non-hydrogen) atoms. The number of hydrogen-bond donors (Lipinski definition) is 2. The lowest BCUT2D eigenvalue weighted by Gasteiger charge is -2.37. The maximum absolute atomic E-state index is 13.1. The molecule has 2 aliphatic heterocycles. The molecule has 0 bridgehead atoms. The van der Waals surface area contributed by atoms with Crippen molar-refractivity contribution in [2.24, 2.45) is 5.92 Å². The molecule has 3 aliphatic rings. The Labute approximate surface area is 182 Å². The average Bonchev–Trinajstić information content (AvgIpc) is 3.22. The van der Waals surface area contributed by atoms with Gasteiger partial charge < -0.3 is 9.80 Å². The fraction of sp³-hybridized carbons (Fsp3) is 0.636. The number of nitrogens with one attached hydrogen (secondary N) is 2. The van der Waals surface area contributed by atoms with Gasteiger partial charge in [0.2, 0.25) is 17.9 Å². The van der Waals surface area contributed by atoms with E-state index in [1.165, 1.54) is 5.56 Å². The van der Waals surface area contributed by atoms with Crippen molar-refractivity contribution in [3.8, 4) is 0 Å². The van der Waals surface area contributed by atoms with E-state index in [0.717, 1.165) is 12.8 Å². The van der Waals surface area contributed by atoms with E-state index in [1.807, 2.05) is 23.1 Å². The number of nitrogens with zero attached hydrogens (tertiary/aromatic N) is 3. The predicted octanol–water partition coefficient (Wildman–Crippen LogP) is 0.971. The normalized spacial score (nSPS) is 28.3. The molecule has 1 aliphatic carbocycles. The van der Waals surface area contributed by atoms with Crippen LogP contribution in [0.3, 0.4) is 0 Å². The van der Waals surface area contributed by atoms with Crippen LogP contribution in [-0.2, 0) is 16.0 Å². The lowest BCUT2D eigenvalue weighted by molar-refractivity contribution is -0.528. The van der Waals surface area contributed by atoms with Gasteiger partial charge in [-0.05, 0) is 24.8 Å². The first kappa shape index (κ1) is 21.7. The third-order valence-corrected chi connectivity index (χ3v) is 6.93. The van der Waals surface area contributed by atoms with Gasteiger partial charge in [0.15, 0.2) is 0 Å². The second-order valence-electron chi connectivity index (χ2n) is 8.83. The molecule has 2 amide bonds. The number of hydrazine groups is 1. The van der Waals surface area contributed by atoms with Crippen molar-refractivity contribution in [2.75, 3.05) is 26.2 Å². The van der Waals surface area contributed by atoms with Crippen molar-refractivity contribution in [3.05, 3.63) is 46.0 Å². The van der Waals surface area contributed by atoms with Crippen molar-refractivity contribution >= 4 is 11.8 Å². The maximum atomic E-state index is 13.1. The van der Waals surface area contributed by atoms with Gasteiger partial charge in [-0.25, -0.2) is 5.43 Å². The summed E-state index contributed by atoms with van der Waals surface area (Å²) in [6.45, 7) is 2.11. The number of piperazine rings is 1. The molecule has 9 heteroatoms. The highest BCUT2D eigenvalue weighted by Crippen LogP contribution is 2.32. The summed E-state index contributed by atoms with van der Waals surface area (Å²) in [7, 11) is 0. The van der Waals surface area contributed by atoms with Gasteiger partial charge in [0.1, 0.15) is 6.04 Å². The van der Waals surface area contributed by atoms with Gasteiger partial charge in [-0.15, -0.1) is 0 Å². The smallest absolute Gasteiger partial charge is 0.241 e. The molecule has 2 N–H and O–H groups in total. The molecule has 0 aromatic heterocycles. The zero-order valence-corrected chi connectivity index (χ0v) is 17.7. The first-order valence-corrected chi connectivity index (χ1v) is 11.3. The Hall–Kier alpha value is -2.52. The molecule has 1 aromatic carbocycles. The molecular formula is C22H31N5O4. The van der Waals surface area contributed by atoms with Gasteiger partial charge in [-0.3, -0.25) is 25.1 Å². The number of nitro groups is 1. The lowest BCUT2D eigenvalue weighted by Crippen LogP contribution is -2.56. The Morgan fingerprint density at radius 1 is 1.03 bits per heavy atom. The second-order valence-corrected chi connectivity index (χ2v) is 8.83. The fourth-order valence-electron chi connectivity index (χ4n) is 5.09. The number of benzene rings is 1. The molecule has 3 fully saturated rings. The van der Waals surface area contributed by atoms with Crippen LogP contribution in [0.2, 0.25) is 0 Å². The van der Waals surface area contributed by atoms with Crippen molar-refractivity contribution in [1.82, 2.24) is 20.7 Å². The van der Waals surface area contributed by atoms with Crippen LogP contribution in [0.5, 0.6) is 0 Å². The minimum atomic E-state index is -0.566. The summed E-state index contributed by atoms with van der Waals surface area (Å²) in [5.41, 5.74) is 7.49. The maximum Gasteiger partial charge on any atom is 0.241 e. The Morgan fingerprint density at radius 2 is 1.74 bits per heavy atom. The lowest BCUT2D eigenvalue weighted by atomic mass is 9.79. The molecule has 2 saturated heterocycles. The summed E-state index contributed by atoms with van der Waals surface area (Å²) in [4.78, 5) is 40.3. The van der Waals surface area contributed by atoms with Crippen LogP contribution < -0.4 is 10.9 Å². The highest BCUT2D eigenvalue weighted by molar-refractivity contribution is 5.83. The number of carbonyl (C=O) groups is 2. The van der Waals surface area contributed by atoms with Crippen molar-refractivity contribution in [2.45, 2.75) is 56.7 Å². The van der Waals surface area contributed by atoms with Gasteiger partial charge in [0.05, 0.1) is 0 Å². The monoisotopic (exact) mass is 429 g/mol. The fourth-order valence-corrected chi connectivity index (χ4v) is 5.09. The van der Waals surface area contributed by atoms with Crippen molar-refractivity contribution < 1.29 is 14.5 Å². The van der Waals surface area contributed by atoms with E-state index < -0.39 is 12.1 Å². The number of amides is 2. The number of aryl methyl sites for hydroxylation is 1. The summed E-state index contributed by atoms with van der Waals surface area (Å²) < 4.78 is 0. The van der Waals surface area contributed by atoms with Gasteiger partial charge in [-0.1, -0.05) is 30.3 Å². The van der Waals surface area contributed by atoms with Crippen molar-refractivity contribution in [1.29, 1.82) is 0 Å². The van der Waals surface area contributed by atoms with Crippen LogP contribution in [0.1, 0.15) is 37.7 Å². The zero-order chi connectivity index (χ0) is 21.8. The van der Waals surface area contributed by atoms with Crippen molar-refractivity contribution in [3.63, 3.8) is 0 Å². The average molecular weight is 430 g/mol. The summed E-state index contributed by atoms with van der Waals surface area (Å²) in [6, 6.07) is 9.27. The minimum Gasteiger partial charge on any atom is -0.339 e. The van der Waals surface area contributed by atoms with Crippen LogP contribution in [0, 0.1) is 16.0 Å². The molecule has 0 spiro atoms.